The van der Waals surface area contributed by atoms with E-state index in [4.69, 9.17) is 5.11 Å². The maximum atomic E-state index is 11.7. The molecule has 1 aromatic rings. The molecule has 0 unspecified atom stereocenters. The smallest absolute Gasteiger partial charge is 0.337 e. The van der Waals surface area contributed by atoms with Gasteiger partial charge in [0, 0.05) is 18.7 Å². The normalized spacial score (nSPS) is 9.81. The van der Waals surface area contributed by atoms with Crippen molar-refractivity contribution >= 4 is 23.7 Å². The number of esters is 1. The maximum Gasteiger partial charge on any atom is 0.337 e. The molecule has 0 aliphatic heterocycles. The van der Waals surface area contributed by atoms with Crippen LogP contribution in [0.1, 0.15) is 28.8 Å². The molecular weight excluding hydrogens is 276 g/mol. The topological polar surface area (TPSA) is 105 Å². The van der Waals surface area contributed by atoms with Crippen molar-refractivity contribution in [2.75, 3.05) is 19.0 Å². The van der Waals surface area contributed by atoms with Crippen LogP contribution in [0.25, 0.3) is 0 Å². The zero-order valence-corrected chi connectivity index (χ0v) is 11.9. The van der Waals surface area contributed by atoms with Gasteiger partial charge < -0.3 is 20.5 Å². The van der Waals surface area contributed by atoms with Gasteiger partial charge in [0.1, 0.15) is 0 Å². The van der Waals surface area contributed by atoms with Gasteiger partial charge in [-0.2, -0.15) is 0 Å². The Morgan fingerprint density at radius 3 is 2.62 bits per heavy atom. The molecule has 1 rings (SSSR count). The first-order chi connectivity index (χ1) is 9.93. The third kappa shape index (κ3) is 5.52. The second-order valence-corrected chi connectivity index (χ2v) is 4.40. The van der Waals surface area contributed by atoms with Crippen LogP contribution in [0.3, 0.4) is 0 Å². The molecule has 0 heterocycles. The van der Waals surface area contributed by atoms with E-state index in [0.29, 0.717) is 17.7 Å². The number of anilines is 1. The van der Waals surface area contributed by atoms with Crippen LogP contribution in [0.4, 0.5) is 10.5 Å². The van der Waals surface area contributed by atoms with E-state index in [1.165, 1.54) is 13.2 Å². The molecule has 1 aromatic carbocycles. The second-order valence-electron chi connectivity index (χ2n) is 4.40. The van der Waals surface area contributed by atoms with Crippen LogP contribution < -0.4 is 10.6 Å². The summed E-state index contributed by atoms with van der Waals surface area (Å²) in [7, 11) is 1.28. The van der Waals surface area contributed by atoms with Crippen LogP contribution in [0.15, 0.2) is 18.2 Å². The number of carboxylic acids is 1. The van der Waals surface area contributed by atoms with E-state index in [9.17, 15) is 14.4 Å². The molecule has 2 amide bonds. The lowest BCUT2D eigenvalue weighted by Gasteiger charge is -2.11. The molecule has 0 radical (unpaired) electrons. The Morgan fingerprint density at radius 2 is 2.00 bits per heavy atom. The number of carboxylic acid groups (broad SMARTS) is 1. The molecule has 0 saturated carbocycles. The lowest BCUT2D eigenvalue weighted by molar-refractivity contribution is -0.137. The van der Waals surface area contributed by atoms with Crippen molar-refractivity contribution in [1.82, 2.24) is 5.32 Å². The fourth-order valence-corrected chi connectivity index (χ4v) is 1.61. The van der Waals surface area contributed by atoms with Gasteiger partial charge in [-0.05, 0) is 31.0 Å². The zero-order valence-electron chi connectivity index (χ0n) is 11.9. The van der Waals surface area contributed by atoms with Gasteiger partial charge >= 0.3 is 18.0 Å². The Kier molecular flexibility index (Phi) is 6.19. The van der Waals surface area contributed by atoms with Gasteiger partial charge in [-0.3, -0.25) is 4.79 Å². The highest BCUT2D eigenvalue weighted by Gasteiger charge is 2.10. The lowest BCUT2D eigenvalue weighted by atomic mass is 10.1. The maximum absolute atomic E-state index is 11.7. The predicted molar refractivity (Wildman–Crippen MR) is 76.4 cm³/mol. The summed E-state index contributed by atoms with van der Waals surface area (Å²) in [5.74, 6) is -1.39. The molecule has 114 valence electrons. The van der Waals surface area contributed by atoms with E-state index in [2.05, 4.69) is 15.4 Å². The Hall–Kier alpha value is -2.57. The van der Waals surface area contributed by atoms with E-state index in [0.717, 1.165) is 5.56 Å². The Balaban J connectivity index is 2.59. The SMILES string of the molecule is COC(=O)c1ccc(C)c(NC(=O)NCCCC(=O)O)c1. The minimum absolute atomic E-state index is 0.00284. The number of rotatable bonds is 6. The van der Waals surface area contributed by atoms with Gasteiger partial charge in [0.05, 0.1) is 12.7 Å². The molecule has 0 aliphatic rings. The first-order valence-corrected chi connectivity index (χ1v) is 6.39. The van der Waals surface area contributed by atoms with Crippen molar-refractivity contribution < 1.29 is 24.2 Å². The summed E-state index contributed by atoms with van der Waals surface area (Å²) < 4.78 is 4.62. The van der Waals surface area contributed by atoms with Crippen LogP contribution in [-0.2, 0) is 9.53 Å². The zero-order chi connectivity index (χ0) is 15.8. The average molecular weight is 294 g/mol. The molecule has 3 N–H and O–H groups in total. The molecule has 7 nitrogen and oxygen atoms in total. The molecular formula is C14H18N2O5. The van der Waals surface area contributed by atoms with Crippen LogP contribution in [0.2, 0.25) is 0 Å². The summed E-state index contributed by atoms with van der Waals surface area (Å²) >= 11 is 0. The number of urea groups is 1. The number of aliphatic carboxylic acids is 1. The van der Waals surface area contributed by atoms with Crippen LogP contribution in [0, 0.1) is 6.92 Å². The molecule has 0 aromatic heterocycles. The van der Waals surface area contributed by atoms with Gasteiger partial charge in [0.2, 0.25) is 0 Å². The second kappa shape index (κ2) is 7.88. The summed E-state index contributed by atoms with van der Waals surface area (Å²) in [6, 6.07) is 4.38. The predicted octanol–water partition coefficient (Wildman–Crippen LogP) is 1.77. The molecule has 7 heteroatoms. The number of hydrogen-bond acceptors (Lipinski definition) is 4. The van der Waals surface area contributed by atoms with E-state index in [1.807, 2.05) is 0 Å². The number of ether oxygens (including phenoxy) is 1. The number of benzene rings is 1. The highest BCUT2D eigenvalue weighted by Crippen LogP contribution is 2.17. The van der Waals surface area contributed by atoms with Crippen LogP contribution in [-0.4, -0.2) is 36.7 Å². The third-order valence-corrected chi connectivity index (χ3v) is 2.76. The molecule has 0 fully saturated rings. The summed E-state index contributed by atoms with van der Waals surface area (Å²) in [6.07, 6.45) is 0.348. The van der Waals surface area contributed by atoms with Crippen LogP contribution in [0.5, 0.6) is 0 Å². The Labute approximate surface area is 122 Å². The number of nitrogens with one attached hydrogen (secondary N) is 2. The minimum atomic E-state index is -0.904. The highest BCUT2D eigenvalue weighted by molar-refractivity contribution is 5.94. The number of aryl methyl sites for hydroxylation is 1. The van der Waals surface area contributed by atoms with E-state index >= 15 is 0 Å². The summed E-state index contributed by atoms with van der Waals surface area (Å²) in [6.45, 7) is 2.05. The Bertz CT molecular complexity index is 542. The van der Waals surface area contributed by atoms with E-state index < -0.39 is 18.0 Å². The van der Waals surface area contributed by atoms with Crippen molar-refractivity contribution in [2.45, 2.75) is 19.8 Å². The lowest BCUT2D eigenvalue weighted by Crippen LogP contribution is -2.30. The molecule has 21 heavy (non-hydrogen) atoms. The van der Waals surface area contributed by atoms with Crippen molar-refractivity contribution in [2.24, 2.45) is 0 Å². The number of hydrogen-bond donors (Lipinski definition) is 3. The third-order valence-electron chi connectivity index (χ3n) is 2.76. The standard InChI is InChI=1S/C14H18N2O5/c1-9-5-6-10(13(19)21-2)8-11(9)16-14(20)15-7-3-4-12(17)18/h5-6,8H,3-4,7H2,1-2H3,(H,17,18)(H2,15,16,20). The number of amides is 2. The quantitative estimate of drug-likeness (QED) is 0.548. The number of carbonyl (C=O) groups is 3. The summed E-state index contributed by atoms with van der Waals surface area (Å²) in [5, 5.41) is 13.6. The van der Waals surface area contributed by atoms with Gasteiger partial charge in [-0.15, -0.1) is 0 Å². The average Bonchev–Trinajstić information content (AvgIpc) is 2.45. The van der Waals surface area contributed by atoms with Crippen molar-refractivity contribution in [3.05, 3.63) is 29.3 Å². The fourth-order valence-electron chi connectivity index (χ4n) is 1.61. The van der Waals surface area contributed by atoms with Gasteiger partial charge in [-0.25, -0.2) is 9.59 Å². The molecule has 0 bridgehead atoms. The fraction of sp³-hybridized carbons (Fsp3) is 0.357. The van der Waals surface area contributed by atoms with Crippen LogP contribution >= 0.6 is 0 Å². The van der Waals surface area contributed by atoms with Gasteiger partial charge in [-0.1, -0.05) is 6.07 Å². The molecule has 0 saturated heterocycles. The van der Waals surface area contributed by atoms with Crippen molar-refractivity contribution in [3.8, 4) is 0 Å². The van der Waals surface area contributed by atoms with E-state index in [-0.39, 0.29) is 13.0 Å². The van der Waals surface area contributed by atoms with Crippen molar-refractivity contribution in [1.29, 1.82) is 0 Å². The highest BCUT2D eigenvalue weighted by atomic mass is 16.5. The minimum Gasteiger partial charge on any atom is -0.481 e. The largest absolute Gasteiger partial charge is 0.481 e. The van der Waals surface area contributed by atoms with Gasteiger partial charge in [0.15, 0.2) is 0 Å². The molecule has 0 atom stereocenters. The van der Waals surface area contributed by atoms with Crippen molar-refractivity contribution in [3.63, 3.8) is 0 Å². The molecule has 0 aliphatic carbocycles. The monoisotopic (exact) mass is 294 g/mol. The number of carbonyl (C=O) groups excluding carboxylic acids is 2. The summed E-state index contributed by atoms with van der Waals surface area (Å²) in [4.78, 5) is 33.4. The molecule has 0 spiro atoms. The van der Waals surface area contributed by atoms with E-state index in [1.54, 1.807) is 19.1 Å². The number of methoxy groups -OCH3 is 1. The van der Waals surface area contributed by atoms with Gasteiger partial charge in [0.25, 0.3) is 0 Å². The first-order valence-electron chi connectivity index (χ1n) is 6.39. The summed E-state index contributed by atoms with van der Waals surface area (Å²) in [5.41, 5.74) is 1.63. The first kappa shape index (κ1) is 16.5. The Morgan fingerprint density at radius 1 is 1.29 bits per heavy atom.